The van der Waals surface area contributed by atoms with E-state index in [0.29, 0.717) is 11.8 Å². The second-order valence-corrected chi connectivity index (χ2v) is 6.40. The molecule has 0 saturated carbocycles. The Morgan fingerprint density at radius 1 is 1.12 bits per heavy atom. The highest BCUT2D eigenvalue weighted by atomic mass is 16.5. The van der Waals surface area contributed by atoms with Crippen LogP contribution in [0.3, 0.4) is 0 Å². The lowest BCUT2D eigenvalue weighted by Crippen LogP contribution is -2.27. The average molecular weight is 354 g/mol. The number of methoxy groups -OCH3 is 2. The Morgan fingerprint density at radius 2 is 1.88 bits per heavy atom. The van der Waals surface area contributed by atoms with E-state index in [1.807, 2.05) is 31.2 Å². The fourth-order valence-electron chi connectivity index (χ4n) is 3.33. The number of hydrogen-bond acceptors (Lipinski definition) is 7. The summed E-state index contributed by atoms with van der Waals surface area (Å²) in [5.74, 6) is 3.12. The molecule has 1 saturated heterocycles. The molecule has 1 fully saturated rings. The summed E-state index contributed by atoms with van der Waals surface area (Å²) in [6.45, 7) is 3.80. The Balaban J connectivity index is 1.53. The lowest BCUT2D eigenvalue weighted by molar-refractivity contribution is 0.394. The molecule has 1 atom stereocenters. The highest BCUT2D eigenvalue weighted by molar-refractivity contribution is 5.57. The van der Waals surface area contributed by atoms with Crippen LogP contribution >= 0.6 is 0 Å². The van der Waals surface area contributed by atoms with E-state index in [9.17, 15) is 0 Å². The number of nitrogens with one attached hydrogen (secondary N) is 1. The predicted octanol–water partition coefficient (Wildman–Crippen LogP) is 2.14. The van der Waals surface area contributed by atoms with Gasteiger partial charge in [-0.3, -0.25) is 0 Å². The molecular weight excluding hydrogens is 332 g/mol. The zero-order valence-electron chi connectivity index (χ0n) is 15.1. The van der Waals surface area contributed by atoms with Crippen molar-refractivity contribution in [1.82, 2.24) is 19.6 Å². The molecule has 0 bridgehead atoms. The van der Waals surface area contributed by atoms with Crippen molar-refractivity contribution in [3.63, 3.8) is 0 Å². The lowest BCUT2D eigenvalue weighted by atomic mass is 10.2. The van der Waals surface area contributed by atoms with Gasteiger partial charge >= 0.3 is 0 Å². The number of anilines is 2. The first-order valence-corrected chi connectivity index (χ1v) is 8.58. The van der Waals surface area contributed by atoms with Crippen LogP contribution in [0.25, 0.3) is 5.78 Å². The Morgan fingerprint density at radius 3 is 2.62 bits per heavy atom. The molecule has 0 radical (unpaired) electrons. The van der Waals surface area contributed by atoms with Gasteiger partial charge in [-0.25, -0.2) is 4.98 Å². The Kier molecular flexibility index (Phi) is 4.24. The fourth-order valence-corrected chi connectivity index (χ4v) is 3.33. The number of fused-ring (bicyclic) bond motifs is 1. The summed E-state index contributed by atoms with van der Waals surface area (Å²) < 4.78 is 12.5. The summed E-state index contributed by atoms with van der Waals surface area (Å²) in [6.07, 6.45) is 2.55. The van der Waals surface area contributed by atoms with Crippen molar-refractivity contribution in [2.24, 2.45) is 0 Å². The standard InChI is InChI=1S/C18H22N6O2/c1-12-6-17(24-18(21-12)19-11-20-24)22-13-4-5-23(10-13)14-7-15(25-2)9-16(8-14)26-3/h6-9,11,13,22H,4-5,10H2,1-3H3. The number of rotatable bonds is 5. The third kappa shape index (κ3) is 3.10. The molecule has 136 valence electrons. The molecule has 3 aromatic rings. The minimum absolute atomic E-state index is 0.307. The van der Waals surface area contributed by atoms with Gasteiger partial charge in [-0.15, -0.1) is 0 Å². The van der Waals surface area contributed by atoms with Crippen LogP contribution in [0.4, 0.5) is 11.5 Å². The summed E-state index contributed by atoms with van der Waals surface area (Å²) in [4.78, 5) is 10.9. The normalized spacial score (nSPS) is 16.9. The van der Waals surface area contributed by atoms with Crippen LogP contribution in [0, 0.1) is 6.92 Å². The van der Waals surface area contributed by atoms with E-state index in [1.54, 1.807) is 18.7 Å². The summed E-state index contributed by atoms with van der Waals surface area (Å²) in [5.41, 5.74) is 2.02. The second kappa shape index (κ2) is 6.70. The number of benzene rings is 1. The molecule has 1 unspecified atom stereocenters. The van der Waals surface area contributed by atoms with E-state index in [0.717, 1.165) is 48.2 Å². The zero-order valence-corrected chi connectivity index (χ0v) is 15.1. The van der Waals surface area contributed by atoms with Gasteiger partial charge in [0.2, 0.25) is 0 Å². The molecule has 26 heavy (non-hydrogen) atoms. The maximum Gasteiger partial charge on any atom is 0.254 e. The molecule has 8 nitrogen and oxygen atoms in total. The van der Waals surface area contributed by atoms with Crippen molar-refractivity contribution < 1.29 is 9.47 Å². The van der Waals surface area contributed by atoms with Gasteiger partial charge in [0.1, 0.15) is 23.6 Å². The van der Waals surface area contributed by atoms with E-state index in [-0.39, 0.29) is 0 Å². The molecule has 1 aliphatic rings. The highest BCUT2D eigenvalue weighted by Crippen LogP contribution is 2.31. The fraction of sp³-hybridized carbons (Fsp3) is 0.389. The minimum atomic E-state index is 0.307. The molecule has 0 spiro atoms. The zero-order chi connectivity index (χ0) is 18.1. The molecule has 2 aromatic heterocycles. The third-order valence-corrected chi connectivity index (χ3v) is 4.62. The first-order valence-electron chi connectivity index (χ1n) is 8.58. The Labute approximate surface area is 151 Å². The largest absolute Gasteiger partial charge is 0.497 e. The van der Waals surface area contributed by atoms with Gasteiger partial charge < -0.3 is 19.7 Å². The lowest BCUT2D eigenvalue weighted by Gasteiger charge is -2.21. The van der Waals surface area contributed by atoms with Crippen molar-refractivity contribution in [3.05, 3.63) is 36.3 Å². The van der Waals surface area contributed by atoms with Crippen LogP contribution in [0.2, 0.25) is 0 Å². The molecule has 0 amide bonds. The number of nitrogens with zero attached hydrogens (tertiary/aromatic N) is 5. The third-order valence-electron chi connectivity index (χ3n) is 4.62. The van der Waals surface area contributed by atoms with Gasteiger partial charge in [0.15, 0.2) is 0 Å². The first-order chi connectivity index (χ1) is 12.7. The van der Waals surface area contributed by atoms with E-state index in [4.69, 9.17) is 9.47 Å². The maximum absolute atomic E-state index is 5.38. The van der Waals surface area contributed by atoms with Crippen molar-refractivity contribution >= 4 is 17.3 Å². The molecule has 1 N–H and O–H groups in total. The summed E-state index contributed by atoms with van der Waals surface area (Å²) in [7, 11) is 3.34. The second-order valence-electron chi connectivity index (χ2n) is 6.40. The Bertz CT molecular complexity index is 903. The van der Waals surface area contributed by atoms with Gasteiger partial charge in [-0.2, -0.15) is 14.6 Å². The number of ether oxygens (including phenoxy) is 2. The molecule has 1 aliphatic heterocycles. The summed E-state index contributed by atoms with van der Waals surface area (Å²) in [5, 5.41) is 7.84. The van der Waals surface area contributed by atoms with Crippen LogP contribution in [0.5, 0.6) is 11.5 Å². The van der Waals surface area contributed by atoms with Crippen LogP contribution in [-0.4, -0.2) is 52.9 Å². The molecule has 3 heterocycles. The van der Waals surface area contributed by atoms with E-state index in [2.05, 4.69) is 25.3 Å². The molecule has 1 aromatic carbocycles. The Hall–Kier alpha value is -3.03. The first kappa shape index (κ1) is 16.4. The maximum atomic E-state index is 5.38. The minimum Gasteiger partial charge on any atom is -0.497 e. The molecule has 0 aliphatic carbocycles. The van der Waals surface area contributed by atoms with Crippen LogP contribution < -0.4 is 19.7 Å². The molecule has 8 heteroatoms. The van der Waals surface area contributed by atoms with Gasteiger partial charge in [0, 0.05) is 54.8 Å². The van der Waals surface area contributed by atoms with E-state index >= 15 is 0 Å². The van der Waals surface area contributed by atoms with Crippen molar-refractivity contribution in [3.8, 4) is 11.5 Å². The van der Waals surface area contributed by atoms with Crippen molar-refractivity contribution in [1.29, 1.82) is 0 Å². The number of aryl methyl sites for hydroxylation is 1. The van der Waals surface area contributed by atoms with Crippen LogP contribution in [0.15, 0.2) is 30.6 Å². The molecule has 4 rings (SSSR count). The number of hydrogen-bond donors (Lipinski definition) is 1. The van der Waals surface area contributed by atoms with Crippen molar-refractivity contribution in [2.45, 2.75) is 19.4 Å². The topological polar surface area (TPSA) is 76.8 Å². The SMILES string of the molecule is COc1cc(OC)cc(N2CCC(Nc3cc(C)nc4ncnn34)C2)c1. The van der Waals surface area contributed by atoms with E-state index in [1.165, 1.54) is 6.33 Å². The smallest absolute Gasteiger partial charge is 0.254 e. The van der Waals surface area contributed by atoms with Gasteiger partial charge in [-0.05, 0) is 13.3 Å². The van der Waals surface area contributed by atoms with Crippen molar-refractivity contribution in [2.75, 3.05) is 37.5 Å². The quantitative estimate of drug-likeness (QED) is 0.752. The number of aromatic nitrogens is 4. The predicted molar refractivity (Wildman–Crippen MR) is 99.3 cm³/mol. The average Bonchev–Trinajstić information content (AvgIpc) is 3.30. The highest BCUT2D eigenvalue weighted by Gasteiger charge is 2.24. The monoisotopic (exact) mass is 354 g/mol. The van der Waals surface area contributed by atoms with Gasteiger partial charge in [-0.1, -0.05) is 0 Å². The van der Waals surface area contributed by atoms with E-state index < -0.39 is 0 Å². The van der Waals surface area contributed by atoms with Gasteiger partial charge in [0.05, 0.1) is 14.2 Å². The summed E-state index contributed by atoms with van der Waals surface area (Å²) >= 11 is 0. The van der Waals surface area contributed by atoms with Crippen LogP contribution in [0.1, 0.15) is 12.1 Å². The summed E-state index contributed by atoms with van der Waals surface area (Å²) in [6, 6.07) is 8.27. The van der Waals surface area contributed by atoms with Crippen LogP contribution in [-0.2, 0) is 0 Å². The van der Waals surface area contributed by atoms with Gasteiger partial charge in [0.25, 0.3) is 5.78 Å². The molecular formula is C18H22N6O2.